The van der Waals surface area contributed by atoms with Crippen molar-refractivity contribution in [3.8, 4) is 0 Å². The predicted octanol–water partition coefficient (Wildman–Crippen LogP) is 0.559. The molecule has 1 aliphatic heterocycles. The summed E-state index contributed by atoms with van der Waals surface area (Å²) >= 11 is 0. The first kappa shape index (κ1) is 25.8. The highest BCUT2D eigenvalue weighted by atomic mass is 16.5. The molecule has 1 saturated heterocycles. The maximum atomic E-state index is 12.4. The SMILES string of the molecule is C=Nc1c(/C(N)=N\COCCCC)[nH]c(=O)n1CCCN1CCN(CCC(=O)OC)CC1. The summed E-state index contributed by atoms with van der Waals surface area (Å²) in [5.41, 5.74) is 6.14. The summed E-state index contributed by atoms with van der Waals surface area (Å²) in [4.78, 5) is 39.3. The summed E-state index contributed by atoms with van der Waals surface area (Å²) in [6.07, 6.45) is 3.22. The minimum atomic E-state index is -0.278. The number of piperazine rings is 1. The molecule has 1 aliphatic rings. The fraction of sp³-hybridized carbons (Fsp3) is 0.714. The van der Waals surface area contributed by atoms with Gasteiger partial charge < -0.3 is 30.0 Å². The molecule has 0 atom stereocenters. The highest BCUT2D eigenvalue weighted by Gasteiger charge is 2.19. The first-order valence-electron chi connectivity index (χ1n) is 11.2. The molecule has 2 rings (SSSR count). The zero-order valence-corrected chi connectivity index (χ0v) is 19.3. The number of methoxy groups -OCH3 is 1. The van der Waals surface area contributed by atoms with Crippen molar-refractivity contribution in [1.82, 2.24) is 19.4 Å². The number of H-pyrrole nitrogens is 1. The van der Waals surface area contributed by atoms with Gasteiger partial charge in [-0.3, -0.25) is 9.36 Å². The molecule has 0 bridgehead atoms. The van der Waals surface area contributed by atoms with Gasteiger partial charge in [0.05, 0.1) is 13.5 Å². The fourth-order valence-corrected chi connectivity index (χ4v) is 3.56. The zero-order valence-electron chi connectivity index (χ0n) is 19.3. The molecule has 11 heteroatoms. The fourth-order valence-electron chi connectivity index (χ4n) is 3.56. The van der Waals surface area contributed by atoms with E-state index in [1.165, 1.54) is 7.11 Å². The van der Waals surface area contributed by atoms with Crippen LogP contribution >= 0.6 is 0 Å². The van der Waals surface area contributed by atoms with Crippen molar-refractivity contribution in [1.29, 1.82) is 0 Å². The average Bonchev–Trinajstić information content (AvgIpc) is 3.13. The number of hydrogen-bond acceptors (Lipinski definition) is 8. The smallest absolute Gasteiger partial charge is 0.327 e. The standard InChI is InChI=1S/C21H37N7O4/c1-4-5-15-32-16-24-19(22)18-20(23-2)28(21(30)25-18)9-6-8-26-11-13-27(14-12-26)10-7-17(29)31-3/h2,4-16H2,1,3H3,(H2,22,24)(H,25,30). The third kappa shape index (κ3) is 7.88. The Balaban J connectivity index is 1.82. The molecule has 1 aromatic rings. The molecule has 0 saturated carbocycles. The second kappa shape index (κ2) is 13.8. The van der Waals surface area contributed by atoms with Gasteiger partial charge in [-0.15, -0.1) is 0 Å². The van der Waals surface area contributed by atoms with Crippen LogP contribution in [0.2, 0.25) is 0 Å². The number of aliphatic imine (C=N–C) groups is 2. The lowest BCUT2D eigenvalue weighted by Gasteiger charge is -2.34. The Morgan fingerprint density at radius 1 is 1.16 bits per heavy atom. The largest absolute Gasteiger partial charge is 0.469 e. The van der Waals surface area contributed by atoms with Gasteiger partial charge in [0.15, 0.2) is 5.82 Å². The van der Waals surface area contributed by atoms with Crippen LogP contribution in [0.25, 0.3) is 0 Å². The van der Waals surface area contributed by atoms with E-state index in [-0.39, 0.29) is 24.2 Å². The normalized spacial score (nSPS) is 15.8. The van der Waals surface area contributed by atoms with E-state index in [1.54, 1.807) is 4.57 Å². The minimum absolute atomic E-state index is 0.140. The van der Waals surface area contributed by atoms with Crippen molar-refractivity contribution < 1.29 is 14.3 Å². The van der Waals surface area contributed by atoms with Crippen molar-refractivity contribution in [2.45, 2.75) is 39.2 Å². The van der Waals surface area contributed by atoms with Gasteiger partial charge in [-0.1, -0.05) is 13.3 Å². The zero-order chi connectivity index (χ0) is 23.3. The molecule has 2 heterocycles. The molecule has 180 valence electrons. The van der Waals surface area contributed by atoms with Crippen LogP contribution in [-0.4, -0.2) is 97.6 Å². The van der Waals surface area contributed by atoms with Gasteiger partial charge >= 0.3 is 11.7 Å². The van der Waals surface area contributed by atoms with Gasteiger partial charge in [-0.25, -0.2) is 14.8 Å². The Hall–Kier alpha value is -2.50. The molecular weight excluding hydrogens is 414 g/mol. The van der Waals surface area contributed by atoms with E-state index in [9.17, 15) is 9.59 Å². The van der Waals surface area contributed by atoms with E-state index in [0.29, 0.717) is 31.1 Å². The number of carbonyl (C=O) groups excluding carboxylic acids is 1. The number of rotatable bonds is 14. The predicted molar refractivity (Wildman–Crippen MR) is 125 cm³/mol. The second-order valence-electron chi connectivity index (χ2n) is 7.74. The Labute approximate surface area is 189 Å². The third-order valence-electron chi connectivity index (χ3n) is 5.51. The van der Waals surface area contributed by atoms with E-state index >= 15 is 0 Å². The molecule has 0 aromatic carbocycles. The van der Waals surface area contributed by atoms with Crippen molar-refractivity contribution >= 4 is 24.3 Å². The van der Waals surface area contributed by atoms with Gasteiger partial charge in [0.1, 0.15) is 18.3 Å². The highest BCUT2D eigenvalue weighted by molar-refractivity contribution is 5.99. The number of nitrogens with zero attached hydrogens (tertiary/aromatic N) is 5. The lowest BCUT2D eigenvalue weighted by molar-refractivity contribution is -0.141. The first-order valence-corrected chi connectivity index (χ1v) is 11.2. The van der Waals surface area contributed by atoms with Crippen LogP contribution in [0.4, 0.5) is 5.82 Å². The lowest BCUT2D eigenvalue weighted by Crippen LogP contribution is -2.47. The molecule has 0 spiro atoms. The quantitative estimate of drug-likeness (QED) is 0.183. The van der Waals surface area contributed by atoms with Gasteiger partial charge in [-0.05, 0) is 26.1 Å². The van der Waals surface area contributed by atoms with Crippen LogP contribution in [0, 0.1) is 0 Å². The number of imidazole rings is 1. The van der Waals surface area contributed by atoms with Crippen LogP contribution in [-0.2, 0) is 20.8 Å². The van der Waals surface area contributed by atoms with Crippen LogP contribution in [0.15, 0.2) is 14.8 Å². The number of ether oxygens (including phenoxy) is 2. The number of hydrogen-bond donors (Lipinski definition) is 2. The average molecular weight is 452 g/mol. The summed E-state index contributed by atoms with van der Waals surface area (Å²) in [5, 5.41) is 0. The number of nitrogens with two attached hydrogens (primary N) is 1. The number of esters is 1. The van der Waals surface area contributed by atoms with Crippen LogP contribution in [0.1, 0.15) is 38.3 Å². The minimum Gasteiger partial charge on any atom is -0.469 e. The first-order chi connectivity index (χ1) is 15.5. The second-order valence-corrected chi connectivity index (χ2v) is 7.74. The molecular formula is C21H37N7O4. The number of unbranched alkanes of at least 4 members (excludes halogenated alkanes) is 1. The number of carbonyl (C=O) groups is 1. The van der Waals surface area contributed by atoms with E-state index in [4.69, 9.17) is 15.2 Å². The molecule has 1 aromatic heterocycles. The molecule has 1 fully saturated rings. The lowest BCUT2D eigenvalue weighted by atomic mass is 10.2. The molecule has 0 radical (unpaired) electrons. The van der Waals surface area contributed by atoms with E-state index < -0.39 is 0 Å². The molecule has 3 N–H and O–H groups in total. The van der Waals surface area contributed by atoms with Gasteiger partial charge in [0, 0.05) is 45.9 Å². The number of amidine groups is 1. The van der Waals surface area contributed by atoms with Gasteiger partial charge in [0.25, 0.3) is 0 Å². The van der Waals surface area contributed by atoms with Crippen molar-refractivity contribution in [2.75, 3.05) is 59.7 Å². The summed E-state index contributed by atoms with van der Waals surface area (Å²) in [7, 11) is 1.41. The third-order valence-corrected chi connectivity index (χ3v) is 5.51. The summed E-state index contributed by atoms with van der Waals surface area (Å²) in [5.74, 6) is 0.408. The van der Waals surface area contributed by atoms with Crippen molar-refractivity contribution in [2.24, 2.45) is 15.7 Å². The molecule has 11 nitrogen and oxygen atoms in total. The van der Waals surface area contributed by atoms with E-state index in [1.807, 2.05) is 0 Å². The number of aromatic amines is 1. The van der Waals surface area contributed by atoms with Crippen molar-refractivity contribution in [3.63, 3.8) is 0 Å². The number of nitrogens with one attached hydrogen (secondary N) is 1. The highest BCUT2D eigenvalue weighted by Crippen LogP contribution is 2.15. The summed E-state index contributed by atoms with van der Waals surface area (Å²) < 4.78 is 11.7. The maximum absolute atomic E-state index is 12.4. The summed E-state index contributed by atoms with van der Waals surface area (Å²) in [6.45, 7) is 12.2. The summed E-state index contributed by atoms with van der Waals surface area (Å²) in [6, 6.07) is 0. The Kier molecular flexibility index (Phi) is 11.1. The van der Waals surface area contributed by atoms with Crippen LogP contribution in [0.3, 0.4) is 0 Å². The van der Waals surface area contributed by atoms with Gasteiger partial charge in [0.2, 0.25) is 0 Å². The van der Waals surface area contributed by atoms with Crippen LogP contribution in [0.5, 0.6) is 0 Å². The molecule has 0 amide bonds. The molecule has 32 heavy (non-hydrogen) atoms. The molecule has 0 unspecified atom stereocenters. The van der Waals surface area contributed by atoms with Crippen molar-refractivity contribution in [3.05, 3.63) is 16.2 Å². The number of aromatic nitrogens is 2. The topological polar surface area (TPSA) is 131 Å². The Morgan fingerprint density at radius 3 is 2.47 bits per heavy atom. The van der Waals surface area contributed by atoms with E-state index in [0.717, 1.165) is 58.5 Å². The Morgan fingerprint density at radius 2 is 1.84 bits per heavy atom. The van der Waals surface area contributed by atoms with Crippen LogP contribution < -0.4 is 11.4 Å². The Bertz CT molecular complexity index is 810. The van der Waals surface area contributed by atoms with Gasteiger partial charge in [-0.2, -0.15) is 0 Å². The van der Waals surface area contributed by atoms with E-state index in [2.05, 4.69) is 38.4 Å². The monoisotopic (exact) mass is 451 g/mol. The maximum Gasteiger partial charge on any atom is 0.327 e. The molecule has 0 aliphatic carbocycles.